The van der Waals surface area contributed by atoms with Crippen molar-refractivity contribution in [1.29, 1.82) is 5.26 Å². The highest BCUT2D eigenvalue weighted by Gasteiger charge is 2.28. The third kappa shape index (κ3) is 4.14. The number of hydrogen-bond acceptors (Lipinski definition) is 4. The van der Waals surface area contributed by atoms with E-state index in [2.05, 4.69) is 5.32 Å². The summed E-state index contributed by atoms with van der Waals surface area (Å²) >= 11 is 0. The summed E-state index contributed by atoms with van der Waals surface area (Å²) in [6.45, 7) is 1.94. The molecule has 0 aliphatic heterocycles. The minimum Gasteiger partial charge on any atom is -0.383 e. The van der Waals surface area contributed by atoms with Gasteiger partial charge in [-0.1, -0.05) is 12.1 Å². The van der Waals surface area contributed by atoms with Crippen LogP contribution in [-0.4, -0.2) is 31.4 Å². The third-order valence-electron chi connectivity index (χ3n) is 2.57. The molecule has 0 aromatic heterocycles. The molecular weight excluding hydrogens is 263 g/mol. The number of benzene rings is 1. The maximum atomic E-state index is 13.1. The lowest BCUT2D eigenvalue weighted by molar-refractivity contribution is -0.123. The first-order chi connectivity index (χ1) is 9.49. The van der Waals surface area contributed by atoms with Crippen LogP contribution in [0.5, 0.6) is 0 Å². The quantitative estimate of drug-likeness (QED) is 0.628. The predicted octanol–water partition coefficient (Wildman–Crippen LogP) is 1.30. The number of nitrogens with one attached hydrogen (secondary N) is 1. The molecule has 0 heterocycles. The van der Waals surface area contributed by atoms with Crippen molar-refractivity contribution >= 4 is 11.7 Å². The number of ketones is 1. The van der Waals surface area contributed by atoms with Gasteiger partial charge < -0.3 is 10.1 Å². The van der Waals surface area contributed by atoms with Crippen LogP contribution in [0.25, 0.3) is 0 Å². The largest absolute Gasteiger partial charge is 0.383 e. The molecule has 0 unspecified atom stereocenters. The van der Waals surface area contributed by atoms with Crippen LogP contribution >= 0.6 is 0 Å². The normalized spacial score (nSPS) is 13.1. The second kappa shape index (κ2) is 7.36. The maximum Gasteiger partial charge on any atom is 0.245 e. The number of methoxy groups -OCH3 is 1. The molecule has 20 heavy (non-hydrogen) atoms. The first kappa shape index (κ1) is 15.8. The Kier molecular flexibility index (Phi) is 5.81. The van der Waals surface area contributed by atoms with Crippen molar-refractivity contribution in [3.8, 4) is 6.07 Å². The van der Waals surface area contributed by atoms with Crippen LogP contribution in [0.2, 0.25) is 0 Å². The van der Waals surface area contributed by atoms with Crippen LogP contribution in [0.4, 0.5) is 4.39 Å². The Morgan fingerprint density at radius 2 is 2.20 bits per heavy atom. The number of nitriles is 1. The highest BCUT2D eigenvalue weighted by Crippen LogP contribution is 2.11. The molecule has 0 aliphatic rings. The minimum atomic E-state index is -1.50. The third-order valence-corrected chi connectivity index (χ3v) is 2.57. The number of halogens is 1. The zero-order valence-corrected chi connectivity index (χ0v) is 11.2. The van der Waals surface area contributed by atoms with E-state index in [0.29, 0.717) is 0 Å². The highest BCUT2D eigenvalue weighted by atomic mass is 19.1. The summed E-state index contributed by atoms with van der Waals surface area (Å²) in [5.74, 6) is -3.54. The van der Waals surface area contributed by atoms with Crippen molar-refractivity contribution in [1.82, 2.24) is 5.32 Å². The Morgan fingerprint density at radius 1 is 1.50 bits per heavy atom. The van der Waals surface area contributed by atoms with E-state index in [1.54, 1.807) is 13.0 Å². The number of carbonyl (C=O) groups excluding carboxylic acids is 2. The fourth-order valence-corrected chi connectivity index (χ4v) is 1.66. The van der Waals surface area contributed by atoms with Gasteiger partial charge in [-0.2, -0.15) is 5.26 Å². The molecule has 2 atom stereocenters. The monoisotopic (exact) mass is 278 g/mol. The van der Waals surface area contributed by atoms with Crippen molar-refractivity contribution in [2.45, 2.75) is 13.0 Å². The minimum absolute atomic E-state index is 0.00825. The summed E-state index contributed by atoms with van der Waals surface area (Å²) < 4.78 is 17.9. The highest BCUT2D eigenvalue weighted by molar-refractivity contribution is 6.12. The van der Waals surface area contributed by atoms with E-state index in [4.69, 9.17) is 10.00 Å². The fraction of sp³-hybridized carbons (Fsp3) is 0.357. The molecule has 1 rings (SSSR count). The van der Waals surface area contributed by atoms with E-state index in [1.807, 2.05) is 0 Å². The van der Waals surface area contributed by atoms with E-state index in [0.717, 1.165) is 6.07 Å². The van der Waals surface area contributed by atoms with Crippen LogP contribution in [0, 0.1) is 23.1 Å². The van der Waals surface area contributed by atoms with Crippen LogP contribution in [0.15, 0.2) is 24.3 Å². The molecule has 1 amide bonds. The summed E-state index contributed by atoms with van der Waals surface area (Å²) in [4.78, 5) is 23.9. The molecule has 0 saturated carbocycles. The van der Waals surface area contributed by atoms with Crippen LogP contribution in [-0.2, 0) is 9.53 Å². The average Bonchev–Trinajstić information content (AvgIpc) is 2.39. The van der Waals surface area contributed by atoms with E-state index in [-0.39, 0.29) is 18.2 Å². The van der Waals surface area contributed by atoms with Crippen molar-refractivity contribution in [3.05, 3.63) is 35.6 Å². The summed E-state index contributed by atoms with van der Waals surface area (Å²) in [6.07, 6.45) is 0. The molecule has 1 aromatic rings. The first-order valence-corrected chi connectivity index (χ1v) is 5.98. The number of Topliss-reactive ketones (excluding diaryl/α,β-unsaturated/α-hetero) is 1. The Labute approximate surface area is 116 Å². The second-order valence-electron chi connectivity index (χ2n) is 4.30. The molecule has 0 fully saturated rings. The van der Waals surface area contributed by atoms with Gasteiger partial charge in [0.05, 0.1) is 12.7 Å². The summed E-state index contributed by atoms with van der Waals surface area (Å²) in [6, 6.07) is 6.20. The van der Waals surface area contributed by atoms with Gasteiger partial charge in [0, 0.05) is 18.7 Å². The molecule has 6 heteroatoms. The maximum absolute atomic E-state index is 13.1. The lowest BCUT2D eigenvalue weighted by atomic mass is 9.97. The van der Waals surface area contributed by atoms with Crippen LogP contribution in [0.1, 0.15) is 17.3 Å². The number of amides is 1. The van der Waals surface area contributed by atoms with Gasteiger partial charge in [-0.15, -0.1) is 0 Å². The number of carbonyl (C=O) groups is 2. The zero-order valence-electron chi connectivity index (χ0n) is 11.2. The van der Waals surface area contributed by atoms with Gasteiger partial charge >= 0.3 is 0 Å². The molecule has 0 spiro atoms. The Balaban J connectivity index is 2.83. The number of hydrogen-bond donors (Lipinski definition) is 1. The molecule has 0 radical (unpaired) electrons. The van der Waals surface area contributed by atoms with E-state index in [1.165, 1.54) is 25.3 Å². The van der Waals surface area contributed by atoms with E-state index >= 15 is 0 Å². The molecule has 106 valence electrons. The van der Waals surface area contributed by atoms with E-state index < -0.39 is 23.4 Å². The van der Waals surface area contributed by atoms with Crippen molar-refractivity contribution in [3.63, 3.8) is 0 Å². The Hall–Kier alpha value is -2.26. The van der Waals surface area contributed by atoms with Gasteiger partial charge in [-0.05, 0) is 19.1 Å². The standard InChI is InChI=1S/C14H15FN2O3/c1-9(8-20-2)17-14(19)12(7-16)13(18)10-4-3-5-11(15)6-10/h3-6,9,12H,8H2,1-2H3,(H,17,19)/t9-,12-/m1/s1. The van der Waals surface area contributed by atoms with Crippen LogP contribution in [0.3, 0.4) is 0 Å². The molecule has 0 bridgehead atoms. The first-order valence-electron chi connectivity index (χ1n) is 5.98. The number of rotatable bonds is 6. The van der Waals surface area contributed by atoms with Gasteiger partial charge in [-0.25, -0.2) is 4.39 Å². The smallest absolute Gasteiger partial charge is 0.245 e. The summed E-state index contributed by atoms with van der Waals surface area (Å²) in [5, 5.41) is 11.5. The molecule has 5 nitrogen and oxygen atoms in total. The average molecular weight is 278 g/mol. The SMILES string of the molecule is COC[C@@H](C)NC(=O)[C@H](C#N)C(=O)c1cccc(F)c1. The summed E-state index contributed by atoms with van der Waals surface area (Å²) in [7, 11) is 1.47. The lowest BCUT2D eigenvalue weighted by Crippen LogP contribution is -2.41. The van der Waals surface area contributed by atoms with Gasteiger partial charge in [0.1, 0.15) is 5.82 Å². The van der Waals surface area contributed by atoms with Gasteiger partial charge in [0.25, 0.3) is 0 Å². The molecule has 1 N–H and O–H groups in total. The molecule has 0 saturated heterocycles. The van der Waals surface area contributed by atoms with Gasteiger partial charge in [0.15, 0.2) is 11.7 Å². The summed E-state index contributed by atoms with van der Waals surface area (Å²) in [5.41, 5.74) is -0.00825. The molecule has 0 aliphatic carbocycles. The van der Waals surface area contributed by atoms with Crippen molar-refractivity contribution in [2.24, 2.45) is 5.92 Å². The van der Waals surface area contributed by atoms with Crippen LogP contribution < -0.4 is 5.32 Å². The van der Waals surface area contributed by atoms with Crippen molar-refractivity contribution in [2.75, 3.05) is 13.7 Å². The Morgan fingerprint density at radius 3 is 2.75 bits per heavy atom. The van der Waals surface area contributed by atoms with Crippen molar-refractivity contribution < 1.29 is 18.7 Å². The molecular formula is C14H15FN2O3. The number of nitrogens with zero attached hydrogens (tertiary/aromatic N) is 1. The van der Waals surface area contributed by atoms with Gasteiger partial charge in [-0.3, -0.25) is 9.59 Å². The topological polar surface area (TPSA) is 79.2 Å². The second-order valence-corrected chi connectivity index (χ2v) is 4.30. The van der Waals surface area contributed by atoms with Gasteiger partial charge in [0.2, 0.25) is 5.91 Å². The number of ether oxygens (including phenoxy) is 1. The zero-order chi connectivity index (χ0) is 15.1. The fourth-order valence-electron chi connectivity index (χ4n) is 1.66. The Bertz CT molecular complexity index is 539. The van der Waals surface area contributed by atoms with E-state index in [9.17, 15) is 14.0 Å². The molecule has 1 aromatic carbocycles. The lowest BCUT2D eigenvalue weighted by Gasteiger charge is -2.15. The predicted molar refractivity (Wildman–Crippen MR) is 69.3 cm³/mol.